The Hall–Kier alpha value is -3.29. The van der Waals surface area contributed by atoms with E-state index in [1.54, 1.807) is 12.4 Å². The highest BCUT2D eigenvalue weighted by atomic mass is 16.5. The van der Waals surface area contributed by atoms with E-state index in [1.165, 1.54) is 0 Å². The monoisotopic (exact) mass is 402 g/mol. The predicted octanol–water partition coefficient (Wildman–Crippen LogP) is 4.12. The molecule has 7 nitrogen and oxygen atoms in total. The van der Waals surface area contributed by atoms with Gasteiger partial charge < -0.3 is 19.6 Å². The molecule has 0 saturated carbocycles. The van der Waals surface area contributed by atoms with E-state index in [4.69, 9.17) is 9.47 Å². The van der Waals surface area contributed by atoms with Crippen LogP contribution in [0, 0.1) is 0 Å². The first-order valence-corrected chi connectivity index (χ1v) is 10.1. The first-order valence-electron chi connectivity index (χ1n) is 10.1. The minimum absolute atomic E-state index is 0.191. The normalized spacial score (nSPS) is 17.7. The van der Waals surface area contributed by atoms with Gasteiger partial charge in [0.25, 0.3) is 0 Å². The van der Waals surface area contributed by atoms with Crippen LogP contribution in [0.5, 0.6) is 11.6 Å². The van der Waals surface area contributed by atoms with Crippen LogP contribution in [0.4, 0.5) is 0 Å². The highest BCUT2D eigenvalue weighted by Crippen LogP contribution is 2.32. The van der Waals surface area contributed by atoms with E-state index in [0.29, 0.717) is 24.1 Å². The number of nitrogens with zero attached hydrogens (tertiary/aromatic N) is 3. The summed E-state index contributed by atoms with van der Waals surface area (Å²) in [5.74, 6) is 1.84. The van der Waals surface area contributed by atoms with Gasteiger partial charge in [-0.1, -0.05) is 24.3 Å². The summed E-state index contributed by atoms with van der Waals surface area (Å²) in [7, 11) is 0. The Morgan fingerprint density at radius 2 is 1.90 bits per heavy atom. The molecule has 7 heteroatoms. The molecule has 152 valence electrons. The lowest BCUT2D eigenvalue weighted by Gasteiger charge is -2.22. The van der Waals surface area contributed by atoms with E-state index < -0.39 is 6.10 Å². The smallest absolute Gasteiger partial charge is 0.241 e. The van der Waals surface area contributed by atoms with Gasteiger partial charge in [-0.3, -0.25) is 4.98 Å². The van der Waals surface area contributed by atoms with Crippen LogP contribution in [0.25, 0.3) is 11.0 Å². The van der Waals surface area contributed by atoms with Gasteiger partial charge in [0.15, 0.2) is 0 Å². The third-order valence-corrected chi connectivity index (χ3v) is 5.32. The first-order chi connectivity index (χ1) is 14.8. The summed E-state index contributed by atoms with van der Waals surface area (Å²) in [5.41, 5.74) is 3.27. The summed E-state index contributed by atoms with van der Waals surface area (Å²) in [6, 6.07) is 15.0. The zero-order chi connectivity index (χ0) is 20.3. The van der Waals surface area contributed by atoms with Gasteiger partial charge in [-0.15, -0.1) is 0 Å². The number of aliphatic hydroxyl groups is 1. The van der Waals surface area contributed by atoms with Crippen molar-refractivity contribution in [1.29, 1.82) is 0 Å². The van der Waals surface area contributed by atoms with E-state index in [0.717, 1.165) is 41.7 Å². The van der Waals surface area contributed by atoms with Crippen LogP contribution in [0.3, 0.4) is 0 Å². The molecule has 0 bridgehead atoms. The average molecular weight is 402 g/mol. The Morgan fingerprint density at radius 3 is 2.70 bits per heavy atom. The fourth-order valence-corrected chi connectivity index (χ4v) is 3.74. The van der Waals surface area contributed by atoms with E-state index in [2.05, 4.69) is 19.9 Å². The Bertz CT molecular complexity index is 1100. The standard InChI is InChI=1S/C23H22N4O3/c28-21(22-26-18-5-1-2-6-19(18)27-22)15-7-9-17(10-8-15)30-23-20(24-11-12-25-23)16-4-3-13-29-14-16/h1-2,5-12,16,21,28H,3-4,13-14H2,(H,26,27). The summed E-state index contributed by atoms with van der Waals surface area (Å²) in [4.78, 5) is 16.5. The summed E-state index contributed by atoms with van der Waals surface area (Å²) >= 11 is 0. The Kier molecular flexibility index (Phi) is 5.13. The molecule has 1 aliphatic rings. The average Bonchev–Trinajstić information content (AvgIpc) is 3.24. The predicted molar refractivity (Wildman–Crippen MR) is 111 cm³/mol. The van der Waals surface area contributed by atoms with Crippen molar-refractivity contribution in [2.45, 2.75) is 24.9 Å². The second kappa shape index (κ2) is 8.22. The number of H-pyrrole nitrogens is 1. The molecule has 2 N–H and O–H groups in total. The van der Waals surface area contributed by atoms with Crippen molar-refractivity contribution in [3.05, 3.63) is 78.0 Å². The second-order valence-electron chi connectivity index (χ2n) is 7.37. The van der Waals surface area contributed by atoms with E-state index in [-0.39, 0.29) is 5.92 Å². The Balaban J connectivity index is 1.34. The zero-order valence-corrected chi connectivity index (χ0v) is 16.4. The molecular weight excluding hydrogens is 380 g/mol. The Labute approximate surface area is 173 Å². The number of rotatable bonds is 5. The molecule has 2 aromatic carbocycles. The van der Waals surface area contributed by atoms with Gasteiger partial charge in [0.1, 0.15) is 23.4 Å². The third-order valence-electron chi connectivity index (χ3n) is 5.32. The van der Waals surface area contributed by atoms with Crippen molar-refractivity contribution in [2.24, 2.45) is 0 Å². The zero-order valence-electron chi connectivity index (χ0n) is 16.4. The number of hydrogen-bond acceptors (Lipinski definition) is 6. The van der Waals surface area contributed by atoms with Crippen molar-refractivity contribution in [2.75, 3.05) is 13.2 Å². The molecule has 2 atom stereocenters. The SMILES string of the molecule is OC(c1ccc(Oc2nccnc2C2CCCOC2)cc1)c1nc2ccccc2[nH]1. The van der Waals surface area contributed by atoms with Gasteiger partial charge in [0.2, 0.25) is 5.88 Å². The molecule has 0 amide bonds. The van der Waals surface area contributed by atoms with Gasteiger partial charge >= 0.3 is 0 Å². The van der Waals surface area contributed by atoms with Crippen molar-refractivity contribution in [1.82, 2.24) is 19.9 Å². The summed E-state index contributed by atoms with van der Waals surface area (Å²) < 4.78 is 11.6. The molecule has 3 heterocycles. The molecule has 1 saturated heterocycles. The summed E-state index contributed by atoms with van der Waals surface area (Å²) in [5, 5.41) is 10.7. The van der Waals surface area contributed by atoms with E-state index in [1.807, 2.05) is 48.5 Å². The van der Waals surface area contributed by atoms with Crippen molar-refractivity contribution < 1.29 is 14.6 Å². The quantitative estimate of drug-likeness (QED) is 0.522. The third kappa shape index (κ3) is 3.77. The topological polar surface area (TPSA) is 93.2 Å². The van der Waals surface area contributed by atoms with Crippen LogP contribution in [0.15, 0.2) is 60.9 Å². The minimum Gasteiger partial charge on any atom is -0.437 e. The number of aromatic nitrogens is 4. The van der Waals surface area contributed by atoms with Crippen LogP contribution >= 0.6 is 0 Å². The minimum atomic E-state index is -0.849. The van der Waals surface area contributed by atoms with E-state index in [9.17, 15) is 5.11 Å². The molecule has 30 heavy (non-hydrogen) atoms. The number of hydrogen-bond donors (Lipinski definition) is 2. The second-order valence-corrected chi connectivity index (χ2v) is 7.37. The van der Waals surface area contributed by atoms with Crippen LogP contribution in [0.2, 0.25) is 0 Å². The maximum absolute atomic E-state index is 10.7. The largest absolute Gasteiger partial charge is 0.437 e. The maximum atomic E-state index is 10.7. The fraction of sp³-hybridized carbons (Fsp3) is 0.261. The van der Waals surface area contributed by atoms with Gasteiger partial charge in [-0.05, 0) is 42.7 Å². The number of imidazole rings is 1. The highest BCUT2D eigenvalue weighted by molar-refractivity contribution is 5.74. The lowest BCUT2D eigenvalue weighted by Crippen LogP contribution is -2.17. The van der Waals surface area contributed by atoms with E-state index >= 15 is 0 Å². The lowest BCUT2D eigenvalue weighted by molar-refractivity contribution is 0.0784. The molecule has 2 aromatic heterocycles. The van der Waals surface area contributed by atoms with Crippen LogP contribution in [-0.2, 0) is 4.74 Å². The highest BCUT2D eigenvalue weighted by Gasteiger charge is 2.22. The van der Waals surface area contributed by atoms with Crippen LogP contribution in [0.1, 0.15) is 41.9 Å². The molecule has 4 aromatic rings. The van der Waals surface area contributed by atoms with Crippen molar-refractivity contribution >= 4 is 11.0 Å². The number of benzene rings is 2. The fourth-order valence-electron chi connectivity index (χ4n) is 3.74. The number of aromatic amines is 1. The Morgan fingerprint density at radius 1 is 1.07 bits per heavy atom. The first kappa shape index (κ1) is 18.7. The van der Waals surface area contributed by atoms with Gasteiger partial charge in [0.05, 0.1) is 17.6 Å². The number of aliphatic hydroxyl groups excluding tert-OH is 1. The number of ether oxygens (including phenoxy) is 2. The number of para-hydroxylation sites is 2. The number of nitrogens with one attached hydrogen (secondary N) is 1. The molecule has 5 rings (SSSR count). The molecule has 0 radical (unpaired) electrons. The maximum Gasteiger partial charge on any atom is 0.241 e. The van der Waals surface area contributed by atoms with Crippen LogP contribution < -0.4 is 4.74 Å². The van der Waals surface area contributed by atoms with Crippen molar-refractivity contribution in [3.63, 3.8) is 0 Å². The van der Waals surface area contributed by atoms with Gasteiger partial charge in [0, 0.05) is 24.9 Å². The molecular formula is C23H22N4O3. The summed E-state index contributed by atoms with van der Waals surface area (Å²) in [6.45, 7) is 1.43. The molecule has 1 aliphatic heterocycles. The molecule has 1 fully saturated rings. The van der Waals surface area contributed by atoms with Crippen LogP contribution in [-0.4, -0.2) is 38.3 Å². The summed E-state index contributed by atoms with van der Waals surface area (Å²) in [6.07, 6.45) is 4.48. The molecule has 0 spiro atoms. The van der Waals surface area contributed by atoms with Gasteiger partial charge in [-0.25, -0.2) is 9.97 Å². The molecule has 2 unspecified atom stereocenters. The van der Waals surface area contributed by atoms with Crippen molar-refractivity contribution in [3.8, 4) is 11.6 Å². The molecule has 0 aliphatic carbocycles. The number of fused-ring (bicyclic) bond motifs is 1. The lowest BCUT2D eigenvalue weighted by atomic mass is 9.98. The van der Waals surface area contributed by atoms with Gasteiger partial charge in [-0.2, -0.15) is 0 Å².